The predicted molar refractivity (Wildman–Crippen MR) is 152 cm³/mol. The van der Waals surface area contributed by atoms with Crippen molar-refractivity contribution in [2.24, 2.45) is 0 Å². The number of anilines is 1. The van der Waals surface area contributed by atoms with Crippen LogP contribution in [0.15, 0.2) is 64.0 Å². The third-order valence-electron chi connectivity index (χ3n) is 6.02. The van der Waals surface area contributed by atoms with Crippen molar-refractivity contribution in [2.75, 3.05) is 17.2 Å². The Balaban J connectivity index is 1.74. The molecule has 2 heterocycles. The molecule has 3 N–H and O–H groups in total. The van der Waals surface area contributed by atoms with Gasteiger partial charge in [-0.2, -0.15) is 13.0 Å². The van der Waals surface area contributed by atoms with Crippen molar-refractivity contribution in [3.63, 3.8) is 0 Å². The van der Waals surface area contributed by atoms with Gasteiger partial charge in [0.25, 0.3) is 15.1 Å². The minimum Gasteiger partial charge on any atom is -0.390 e. The molecule has 11 heteroatoms. The van der Waals surface area contributed by atoms with E-state index in [0.717, 1.165) is 42.8 Å². The van der Waals surface area contributed by atoms with Crippen molar-refractivity contribution in [2.45, 2.75) is 50.3 Å². The van der Waals surface area contributed by atoms with Crippen LogP contribution in [0, 0.1) is 0 Å². The quantitative estimate of drug-likeness (QED) is 0.226. The smallest absolute Gasteiger partial charge is 0.267 e. The number of aromatic nitrogens is 1. The van der Waals surface area contributed by atoms with Crippen LogP contribution in [0.25, 0.3) is 16.3 Å². The highest BCUT2D eigenvalue weighted by atomic mass is 35.5. The van der Waals surface area contributed by atoms with Crippen LogP contribution in [0.3, 0.4) is 0 Å². The molecule has 3 aromatic rings. The molecule has 2 unspecified atom stereocenters. The number of aliphatic hydroxyl groups excluding tert-OH is 2. The molecule has 4 rings (SSSR count). The zero-order chi connectivity index (χ0) is 26.7. The lowest BCUT2D eigenvalue weighted by atomic mass is 10.1. The number of allylic oxidation sites excluding steroid dienone is 2. The molecule has 1 aliphatic heterocycles. The van der Waals surface area contributed by atoms with Crippen LogP contribution in [0.5, 0.6) is 0 Å². The highest BCUT2D eigenvalue weighted by Gasteiger charge is 2.29. The molecule has 0 bridgehead atoms. The number of para-hydroxylation sites is 1. The van der Waals surface area contributed by atoms with E-state index in [1.54, 1.807) is 23.5 Å². The monoisotopic (exact) mass is 581 g/mol. The molecule has 0 fully saturated rings. The van der Waals surface area contributed by atoms with Gasteiger partial charge in [-0.1, -0.05) is 60.7 Å². The molecule has 0 aliphatic carbocycles. The first-order chi connectivity index (χ1) is 17.6. The number of thioether (sulfide) groups is 1. The van der Waals surface area contributed by atoms with Crippen molar-refractivity contribution >= 4 is 66.8 Å². The third kappa shape index (κ3) is 6.94. The first-order valence-electron chi connectivity index (χ1n) is 12.0. The SMILES string of the molecule is CCC(=C\c1sc2ccccc2[n+]1CC(O)CC)/C=C1/Sc2ccc(Cl)cc2N1CC(O)CS(=O)(=O)O. The summed E-state index contributed by atoms with van der Waals surface area (Å²) < 4.78 is 35.2. The number of fused-ring (bicyclic) bond motifs is 2. The maximum absolute atomic E-state index is 11.3. The highest BCUT2D eigenvalue weighted by Crippen LogP contribution is 2.47. The van der Waals surface area contributed by atoms with Crippen molar-refractivity contribution in [3.8, 4) is 0 Å². The molecule has 0 radical (unpaired) electrons. The molecule has 198 valence electrons. The van der Waals surface area contributed by atoms with Crippen LogP contribution in [0.4, 0.5) is 5.69 Å². The number of thiazole rings is 1. The summed E-state index contributed by atoms with van der Waals surface area (Å²) in [6.07, 6.45) is 3.78. The third-order valence-corrected chi connectivity index (χ3v) is 9.28. The van der Waals surface area contributed by atoms with Crippen LogP contribution >= 0.6 is 34.7 Å². The normalized spacial score (nSPS) is 17.0. The van der Waals surface area contributed by atoms with Crippen molar-refractivity contribution in [3.05, 3.63) is 69.2 Å². The van der Waals surface area contributed by atoms with Gasteiger partial charge in [-0.3, -0.25) is 4.55 Å². The lowest BCUT2D eigenvalue weighted by Gasteiger charge is -2.23. The lowest BCUT2D eigenvalue weighted by Crippen LogP contribution is -2.40. The van der Waals surface area contributed by atoms with Crippen molar-refractivity contribution in [1.29, 1.82) is 0 Å². The molecule has 7 nitrogen and oxygen atoms in total. The van der Waals surface area contributed by atoms with Crippen LogP contribution < -0.4 is 9.47 Å². The number of aliphatic hydroxyl groups is 2. The van der Waals surface area contributed by atoms with Crippen LogP contribution in [-0.4, -0.2) is 47.7 Å². The van der Waals surface area contributed by atoms with Crippen molar-refractivity contribution in [1.82, 2.24) is 0 Å². The van der Waals surface area contributed by atoms with Crippen molar-refractivity contribution < 1.29 is 27.8 Å². The van der Waals surface area contributed by atoms with Gasteiger partial charge in [0.15, 0.2) is 6.54 Å². The van der Waals surface area contributed by atoms with E-state index in [-0.39, 0.29) is 6.54 Å². The number of rotatable bonds is 10. The Hall–Kier alpha value is -1.92. The Labute approximate surface area is 230 Å². The molecule has 0 saturated heterocycles. The van der Waals surface area contributed by atoms with E-state index in [1.807, 2.05) is 36.1 Å². The van der Waals surface area contributed by atoms with Gasteiger partial charge in [-0.05, 0) is 48.8 Å². The number of hydrogen-bond donors (Lipinski definition) is 3. The Morgan fingerprint density at radius 1 is 1.16 bits per heavy atom. The zero-order valence-corrected chi connectivity index (χ0v) is 23.7. The molecule has 2 atom stereocenters. The van der Waals surface area contributed by atoms with Crippen LogP contribution in [-0.2, 0) is 16.7 Å². The summed E-state index contributed by atoms with van der Waals surface area (Å²) in [5, 5.41) is 23.2. The molecule has 0 saturated carbocycles. The summed E-state index contributed by atoms with van der Waals surface area (Å²) in [7, 11) is -4.33. The van der Waals surface area contributed by atoms with E-state index in [4.69, 9.17) is 11.6 Å². The Morgan fingerprint density at radius 3 is 2.62 bits per heavy atom. The van der Waals surface area contributed by atoms with E-state index in [9.17, 15) is 23.2 Å². The fraction of sp³-hybridized carbons (Fsp3) is 0.346. The molecule has 37 heavy (non-hydrogen) atoms. The standard InChI is InChI=1S/C26H29ClN2O5S3/c1-3-17(11-25-28(14-19(30)4-2)21-7-5-6-8-23(21)35-25)12-26-29(15-20(31)16-37(32,33)34)22-13-18(27)9-10-24(22)36-26/h5-13,19-20,30-31H,3-4,14-16H2,1-2H3/p+1. The summed E-state index contributed by atoms with van der Waals surface area (Å²) in [5.41, 5.74) is 2.88. The van der Waals surface area contributed by atoms with Gasteiger partial charge >= 0.3 is 0 Å². The van der Waals surface area contributed by atoms with E-state index < -0.39 is 28.1 Å². The average molecular weight is 582 g/mol. The first kappa shape index (κ1) is 28.1. The Morgan fingerprint density at radius 2 is 1.92 bits per heavy atom. The minimum absolute atomic E-state index is 0.0193. The summed E-state index contributed by atoms with van der Waals surface area (Å²) >= 11 is 9.41. The fourth-order valence-electron chi connectivity index (χ4n) is 4.13. The topological polar surface area (TPSA) is 102 Å². The van der Waals surface area contributed by atoms with E-state index >= 15 is 0 Å². The fourth-order valence-corrected chi connectivity index (χ4v) is 7.16. The molecule has 1 aromatic heterocycles. The first-order valence-corrected chi connectivity index (χ1v) is 15.6. The van der Waals surface area contributed by atoms with Gasteiger partial charge in [0, 0.05) is 22.1 Å². The summed E-state index contributed by atoms with van der Waals surface area (Å²) in [4.78, 5) is 2.78. The van der Waals surface area contributed by atoms with Gasteiger partial charge < -0.3 is 15.1 Å². The second kappa shape index (κ2) is 11.9. The maximum Gasteiger partial charge on any atom is 0.267 e. The summed E-state index contributed by atoms with van der Waals surface area (Å²) in [6, 6.07) is 13.6. The largest absolute Gasteiger partial charge is 0.390 e. The minimum atomic E-state index is -4.33. The van der Waals surface area contributed by atoms with Gasteiger partial charge in [0.1, 0.15) is 16.6 Å². The predicted octanol–water partition coefficient (Wildman–Crippen LogP) is 5.11. The van der Waals surface area contributed by atoms with Gasteiger partial charge in [-0.15, -0.1) is 0 Å². The highest BCUT2D eigenvalue weighted by molar-refractivity contribution is 8.03. The Bertz CT molecular complexity index is 1450. The number of nitrogens with zero attached hydrogens (tertiary/aromatic N) is 2. The van der Waals surface area contributed by atoms with Crippen LogP contribution in [0.1, 0.15) is 31.7 Å². The maximum atomic E-state index is 11.3. The van der Waals surface area contributed by atoms with E-state index in [0.29, 0.717) is 18.0 Å². The zero-order valence-electron chi connectivity index (χ0n) is 20.5. The molecular formula is C26H30ClN2O5S3+. The second-order valence-electron chi connectivity index (χ2n) is 8.86. The molecule has 2 aromatic carbocycles. The summed E-state index contributed by atoms with van der Waals surface area (Å²) in [5.74, 6) is -0.755. The number of hydrogen-bond acceptors (Lipinski definition) is 7. The second-order valence-corrected chi connectivity index (χ2v) is 12.9. The van der Waals surface area contributed by atoms with Gasteiger partial charge in [0.2, 0.25) is 5.52 Å². The number of β-amino-alcohol motifs (C(OH)–C–C–N with tert-alkyl or cyclic N) is 1. The van der Waals surface area contributed by atoms with Gasteiger partial charge in [-0.25, -0.2) is 0 Å². The number of benzene rings is 2. The molecule has 0 spiro atoms. The average Bonchev–Trinajstić information content (AvgIpc) is 3.34. The van der Waals surface area contributed by atoms with Gasteiger partial charge in [0.05, 0.1) is 23.4 Å². The lowest BCUT2D eigenvalue weighted by molar-refractivity contribution is -0.676. The molecular weight excluding hydrogens is 552 g/mol. The molecule has 1 aliphatic rings. The summed E-state index contributed by atoms with van der Waals surface area (Å²) in [6.45, 7) is 4.49. The Kier molecular flexibility index (Phi) is 9.00. The van der Waals surface area contributed by atoms with E-state index in [2.05, 4.69) is 29.7 Å². The van der Waals surface area contributed by atoms with E-state index in [1.165, 1.54) is 11.8 Å². The molecule has 0 amide bonds. The number of halogens is 1. The van der Waals surface area contributed by atoms with Crippen LogP contribution in [0.2, 0.25) is 5.02 Å².